The number of rotatable bonds is 2. The Balaban J connectivity index is 2.22. The van der Waals surface area contributed by atoms with Gasteiger partial charge in [0, 0.05) is 0 Å². The third kappa shape index (κ3) is 2.50. The summed E-state index contributed by atoms with van der Waals surface area (Å²) >= 11 is 0. The molecule has 0 fully saturated rings. The van der Waals surface area contributed by atoms with E-state index in [1.165, 1.54) is 30.3 Å². The van der Waals surface area contributed by atoms with Gasteiger partial charge >= 0.3 is 5.97 Å². The highest BCUT2D eigenvalue weighted by Crippen LogP contribution is 2.33. The van der Waals surface area contributed by atoms with E-state index in [1.54, 1.807) is 19.1 Å². The van der Waals surface area contributed by atoms with E-state index in [4.69, 9.17) is 5.11 Å². The van der Waals surface area contributed by atoms with Gasteiger partial charge in [0.1, 0.15) is 5.82 Å². The predicted octanol–water partition coefficient (Wildman–Crippen LogP) is 4.50. The third-order valence-electron chi connectivity index (χ3n) is 3.77. The zero-order chi connectivity index (χ0) is 16.7. The van der Waals surface area contributed by atoms with Crippen molar-refractivity contribution in [3.05, 3.63) is 65.2 Å². The third-order valence-corrected chi connectivity index (χ3v) is 3.77. The minimum atomic E-state index is -1.04. The number of phenolic OH excluding ortho intramolecular Hbond substituents is 1. The molecule has 0 atom stereocenters. The molecule has 0 bridgehead atoms. The number of carbonyl (C=O) groups is 1. The standard InChI is InChI=1S/C18H12F2O3/c1-9-6-11(18(22)23)2-4-13(9)12-7-10-3-5-15(21)17(20)16(10)14(19)8-12/h2-8,21H,1H3,(H,22,23). The van der Waals surface area contributed by atoms with Crippen LogP contribution < -0.4 is 0 Å². The van der Waals surface area contributed by atoms with E-state index in [2.05, 4.69) is 0 Å². The number of halogens is 2. The van der Waals surface area contributed by atoms with Gasteiger partial charge in [0.05, 0.1) is 10.9 Å². The molecule has 2 N–H and O–H groups in total. The average molecular weight is 314 g/mol. The molecule has 5 heteroatoms. The number of hydrogen-bond donors (Lipinski definition) is 2. The summed E-state index contributed by atoms with van der Waals surface area (Å²) in [6, 6.07) is 9.90. The van der Waals surface area contributed by atoms with Gasteiger partial charge in [-0.05, 0) is 59.3 Å². The number of fused-ring (bicyclic) bond motifs is 1. The van der Waals surface area contributed by atoms with Crippen LogP contribution in [0, 0.1) is 18.6 Å². The van der Waals surface area contributed by atoms with Gasteiger partial charge < -0.3 is 10.2 Å². The van der Waals surface area contributed by atoms with Gasteiger partial charge in [0.25, 0.3) is 0 Å². The van der Waals surface area contributed by atoms with Gasteiger partial charge in [-0.15, -0.1) is 0 Å². The molecular formula is C18H12F2O3. The van der Waals surface area contributed by atoms with Crippen LogP contribution in [-0.4, -0.2) is 16.2 Å². The van der Waals surface area contributed by atoms with Crippen molar-refractivity contribution >= 4 is 16.7 Å². The maximum atomic E-state index is 14.3. The van der Waals surface area contributed by atoms with Gasteiger partial charge in [-0.3, -0.25) is 0 Å². The first kappa shape index (κ1) is 15.0. The molecule has 0 aliphatic carbocycles. The number of phenols is 1. The lowest BCUT2D eigenvalue weighted by Crippen LogP contribution is -1.97. The molecule has 3 rings (SSSR count). The van der Waals surface area contributed by atoms with Crippen molar-refractivity contribution in [3.63, 3.8) is 0 Å². The van der Waals surface area contributed by atoms with E-state index in [-0.39, 0.29) is 10.9 Å². The van der Waals surface area contributed by atoms with Crippen LogP contribution in [0.1, 0.15) is 15.9 Å². The number of aromatic hydroxyl groups is 1. The molecule has 0 aromatic heterocycles. The van der Waals surface area contributed by atoms with Crippen LogP contribution in [-0.2, 0) is 0 Å². The lowest BCUT2D eigenvalue weighted by molar-refractivity contribution is 0.0697. The molecule has 0 aliphatic heterocycles. The maximum Gasteiger partial charge on any atom is 0.335 e. The summed E-state index contributed by atoms with van der Waals surface area (Å²) in [6.07, 6.45) is 0. The molecule has 0 saturated heterocycles. The van der Waals surface area contributed by atoms with E-state index >= 15 is 0 Å². The molecule has 3 aromatic carbocycles. The fourth-order valence-electron chi connectivity index (χ4n) is 2.64. The molecular weight excluding hydrogens is 302 g/mol. The van der Waals surface area contributed by atoms with E-state index in [0.29, 0.717) is 22.1 Å². The van der Waals surface area contributed by atoms with Crippen molar-refractivity contribution in [2.75, 3.05) is 0 Å². The van der Waals surface area contributed by atoms with Crippen LogP contribution >= 0.6 is 0 Å². The first-order chi connectivity index (χ1) is 10.9. The van der Waals surface area contributed by atoms with Gasteiger partial charge in [-0.2, -0.15) is 0 Å². The summed E-state index contributed by atoms with van der Waals surface area (Å²) in [7, 11) is 0. The molecule has 0 unspecified atom stereocenters. The van der Waals surface area contributed by atoms with Gasteiger partial charge in [-0.25, -0.2) is 13.6 Å². The van der Waals surface area contributed by atoms with Crippen molar-refractivity contribution in [2.45, 2.75) is 6.92 Å². The van der Waals surface area contributed by atoms with E-state index in [0.717, 1.165) is 0 Å². The van der Waals surface area contributed by atoms with Crippen molar-refractivity contribution < 1.29 is 23.8 Å². The highest BCUT2D eigenvalue weighted by atomic mass is 19.1. The molecule has 116 valence electrons. The topological polar surface area (TPSA) is 57.5 Å². The normalized spacial score (nSPS) is 10.9. The number of aromatic carboxylic acids is 1. The Bertz CT molecular complexity index is 949. The largest absolute Gasteiger partial charge is 0.505 e. The second-order valence-electron chi connectivity index (χ2n) is 5.29. The molecule has 0 saturated carbocycles. The van der Waals surface area contributed by atoms with Crippen molar-refractivity contribution in [2.24, 2.45) is 0 Å². The maximum absolute atomic E-state index is 14.3. The van der Waals surface area contributed by atoms with Crippen molar-refractivity contribution in [1.82, 2.24) is 0 Å². The number of carboxylic acid groups (broad SMARTS) is 1. The van der Waals surface area contributed by atoms with Crippen LogP contribution in [0.3, 0.4) is 0 Å². The first-order valence-electron chi connectivity index (χ1n) is 6.83. The molecule has 0 heterocycles. The Morgan fingerprint density at radius 1 is 1.04 bits per heavy atom. The quantitative estimate of drug-likeness (QED) is 0.732. The van der Waals surface area contributed by atoms with E-state index < -0.39 is 23.4 Å². The molecule has 0 radical (unpaired) electrons. The molecule has 3 aromatic rings. The number of benzene rings is 3. The molecule has 0 spiro atoms. The zero-order valence-electron chi connectivity index (χ0n) is 12.1. The fraction of sp³-hybridized carbons (Fsp3) is 0.0556. The Hall–Kier alpha value is -2.95. The highest BCUT2D eigenvalue weighted by Gasteiger charge is 2.14. The van der Waals surface area contributed by atoms with E-state index in [1.807, 2.05) is 0 Å². The van der Waals surface area contributed by atoms with Crippen molar-refractivity contribution in [1.29, 1.82) is 0 Å². The summed E-state index contributed by atoms with van der Waals surface area (Å²) in [5.41, 5.74) is 1.98. The van der Waals surface area contributed by atoms with Crippen LogP contribution in [0.5, 0.6) is 5.75 Å². The Morgan fingerprint density at radius 2 is 1.78 bits per heavy atom. The predicted molar refractivity (Wildman–Crippen MR) is 82.7 cm³/mol. The second-order valence-corrected chi connectivity index (χ2v) is 5.29. The fourth-order valence-corrected chi connectivity index (χ4v) is 2.64. The van der Waals surface area contributed by atoms with Crippen LogP contribution in [0.25, 0.3) is 21.9 Å². The highest BCUT2D eigenvalue weighted by molar-refractivity contribution is 5.92. The minimum absolute atomic E-state index is 0.142. The SMILES string of the molecule is Cc1cc(C(=O)O)ccc1-c1cc(F)c2c(F)c(O)ccc2c1. The zero-order valence-corrected chi connectivity index (χ0v) is 12.1. The van der Waals surface area contributed by atoms with Gasteiger partial charge in [0.2, 0.25) is 0 Å². The molecule has 3 nitrogen and oxygen atoms in total. The summed E-state index contributed by atoms with van der Waals surface area (Å²) in [6.45, 7) is 1.72. The lowest BCUT2D eigenvalue weighted by Gasteiger charge is -2.10. The Morgan fingerprint density at radius 3 is 2.43 bits per heavy atom. The Kier molecular flexibility index (Phi) is 3.48. The lowest BCUT2D eigenvalue weighted by atomic mass is 9.95. The minimum Gasteiger partial charge on any atom is -0.505 e. The average Bonchev–Trinajstić information content (AvgIpc) is 2.50. The summed E-state index contributed by atoms with van der Waals surface area (Å²) in [5, 5.41) is 18.4. The van der Waals surface area contributed by atoms with E-state index in [9.17, 15) is 18.7 Å². The van der Waals surface area contributed by atoms with Crippen LogP contribution in [0.15, 0.2) is 42.5 Å². The Labute approximate surface area is 130 Å². The number of hydrogen-bond acceptors (Lipinski definition) is 2. The van der Waals surface area contributed by atoms with Crippen LogP contribution in [0.4, 0.5) is 8.78 Å². The van der Waals surface area contributed by atoms with Crippen LogP contribution in [0.2, 0.25) is 0 Å². The number of aryl methyl sites for hydroxylation is 1. The summed E-state index contributed by atoms with van der Waals surface area (Å²) < 4.78 is 28.1. The summed E-state index contributed by atoms with van der Waals surface area (Å²) in [4.78, 5) is 11.0. The number of carboxylic acids is 1. The van der Waals surface area contributed by atoms with Gasteiger partial charge in [-0.1, -0.05) is 12.1 Å². The van der Waals surface area contributed by atoms with Crippen molar-refractivity contribution in [3.8, 4) is 16.9 Å². The smallest absolute Gasteiger partial charge is 0.335 e. The molecule has 0 aliphatic rings. The summed E-state index contributed by atoms with van der Waals surface area (Å²) in [5.74, 6) is -3.43. The molecule has 23 heavy (non-hydrogen) atoms. The second kappa shape index (κ2) is 5.35. The first-order valence-corrected chi connectivity index (χ1v) is 6.83. The van der Waals surface area contributed by atoms with Gasteiger partial charge in [0.15, 0.2) is 11.6 Å². The monoisotopic (exact) mass is 314 g/mol. The molecule has 0 amide bonds.